The number of Topliss-reactive ketones (excluding diaryl/α,β-unsaturated/α-hetero) is 1. The smallest absolute Gasteiger partial charge is 0.169 e. The van der Waals surface area contributed by atoms with Crippen LogP contribution < -0.4 is 0 Å². The average Bonchev–Trinajstić information content (AvgIpc) is 3.24. The normalized spacial score (nSPS) is 17.6. The van der Waals surface area contributed by atoms with Crippen LogP contribution in [0, 0.1) is 0 Å². The lowest BCUT2D eigenvalue weighted by atomic mass is 9.96. The molecule has 1 aliphatic heterocycles. The molecule has 0 fully saturated rings. The Morgan fingerprint density at radius 3 is 3.17 bits per heavy atom. The molecule has 4 heterocycles. The minimum atomic E-state index is 0.0920. The lowest BCUT2D eigenvalue weighted by molar-refractivity contribution is 0.102. The third-order valence-electron chi connectivity index (χ3n) is 4.41. The molecule has 1 atom stereocenters. The van der Waals surface area contributed by atoms with E-state index in [9.17, 15) is 4.79 Å². The molecule has 0 spiro atoms. The van der Waals surface area contributed by atoms with E-state index >= 15 is 0 Å². The molecule has 5 nitrogen and oxygen atoms in total. The van der Waals surface area contributed by atoms with Crippen molar-refractivity contribution in [2.45, 2.75) is 25.9 Å². The van der Waals surface area contributed by atoms with E-state index in [1.165, 1.54) is 22.6 Å². The van der Waals surface area contributed by atoms with Crippen LogP contribution in [0.25, 0.3) is 0 Å². The second kappa shape index (κ2) is 6.30. The van der Waals surface area contributed by atoms with Crippen molar-refractivity contribution in [2.75, 3.05) is 6.54 Å². The zero-order chi connectivity index (χ0) is 16.5. The number of aromatic nitrogens is 3. The molecule has 122 valence electrons. The van der Waals surface area contributed by atoms with Crippen LogP contribution in [0.15, 0.2) is 42.3 Å². The number of nitrogens with zero attached hydrogens (tertiary/aromatic N) is 3. The quantitative estimate of drug-likeness (QED) is 0.742. The van der Waals surface area contributed by atoms with Crippen LogP contribution in [0.2, 0.25) is 0 Å². The second-order valence-corrected chi connectivity index (χ2v) is 6.96. The summed E-state index contributed by atoms with van der Waals surface area (Å²) in [5, 5.41) is 2.08. The maximum absolute atomic E-state index is 11.5. The largest absolute Gasteiger partial charge is 0.348 e. The van der Waals surface area contributed by atoms with Crippen molar-refractivity contribution in [3.05, 3.63) is 69.7 Å². The van der Waals surface area contributed by atoms with Crippen molar-refractivity contribution in [3.63, 3.8) is 0 Å². The summed E-state index contributed by atoms with van der Waals surface area (Å²) in [6, 6.07) is 6.16. The summed E-state index contributed by atoms with van der Waals surface area (Å²) in [6.07, 6.45) is 6.43. The fourth-order valence-electron chi connectivity index (χ4n) is 3.28. The standard InChI is InChI=1S/C18H18N4OS/c1-12(23)16-7-13(10-24-16)9-22-6-4-15-17(21-11-20-15)18(22)14-3-2-5-19-8-14/h2-3,5,7-8,10-11,18H,4,6,9H2,1H3,(H,20,21). The molecule has 1 aliphatic rings. The van der Waals surface area contributed by atoms with Gasteiger partial charge in [0.1, 0.15) is 0 Å². The van der Waals surface area contributed by atoms with E-state index in [-0.39, 0.29) is 11.8 Å². The number of hydrogen-bond acceptors (Lipinski definition) is 5. The Balaban J connectivity index is 1.67. The van der Waals surface area contributed by atoms with Gasteiger partial charge in [0, 0.05) is 37.6 Å². The molecule has 6 heteroatoms. The predicted octanol–water partition coefficient (Wildman–Crippen LogP) is 3.22. The number of aromatic amines is 1. The van der Waals surface area contributed by atoms with Gasteiger partial charge in [-0.05, 0) is 35.6 Å². The molecule has 0 saturated carbocycles. The van der Waals surface area contributed by atoms with E-state index < -0.39 is 0 Å². The van der Waals surface area contributed by atoms with Crippen LogP contribution in [-0.4, -0.2) is 32.2 Å². The Labute approximate surface area is 144 Å². The van der Waals surface area contributed by atoms with Crippen LogP contribution in [0.3, 0.4) is 0 Å². The Kier molecular flexibility index (Phi) is 4.00. The zero-order valence-electron chi connectivity index (χ0n) is 13.4. The van der Waals surface area contributed by atoms with Crippen molar-refractivity contribution >= 4 is 17.1 Å². The molecule has 0 radical (unpaired) electrons. The van der Waals surface area contributed by atoms with E-state index in [0.29, 0.717) is 0 Å². The first-order valence-corrected chi connectivity index (χ1v) is 8.85. The number of H-pyrrole nitrogens is 1. The third-order valence-corrected chi connectivity index (χ3v) is 5.49. The molecule has 4 rings (SSSR count). The molecule has 1 N–H and O–H groups in total. The van der Waals surface area contributed by atoms with E-state index in [1.807, 2.05) is 18.3 Å². The summed E-state index contributed by atoms with van der Waals surface area (Å²) < 4.78 is 0. The van der Waals surface area contributed by atoms with Crippen molar-refractivity contribution in [3.8, 4) is 0 Å². The van der Waals surface area contributed by atoms with E-state index in [1.54, 1.807) is 19.4 Å². The molecule has 0 aromatic carbocycles. The first-order valence-electron chi connectivity index (χ1n) is 7.97. The SMILES string of the molecule is CC(=O)c1cc(CN2CCc3[nH]cnc3C2c2cccnc2)cs1. The van der Waals surface area contributed by atoms with Gasteiger partial charge in [0.15, 0.2) is 5.78 Å². The summed E-state index contributed by atoms with van der Waals surface area (Å²) in [5.41, 5.74) is 4.61. The summed E-state index contributed by atoms with van der Waals surface area (Å²) in [7, 11) is 0. The highest BCUT2D eigenvalue weighted by atomic mass is 32.1. The van der Waals surface area contributed by atoms with Crippen LogP contribution in [0.1, 0.15) is 45.2 Å². The number of thiophene rings is 1. The number of carbonyl (C=O) groups excluding carboxylic acids is 1. The van der Waals surface area contributed by atoms with E-state index in [4.69, 9.17) is 0 Å². The molecule has 3 aromatic heterocycles. The molecule has 3 aromatic rings. The topological polar surface area (TPSA) is 61.9 Å². The molecular formula is C18H18N4OS. The van der Waals surface area contributed by atoms with Gasteiger partial charge in [0.25, 0.3) is 0 Å². The first kappa shape index (κ1) is 15.2. The van der Waals surface area contributed by atoms with Crippen molar-refractivity contribution in [1.29, 1.82) is 0 Å². The molecule has 1 unspecified atom stereocenters. The molecule has 0 bridgehead atoms. The van der Waals surface area contributed by atoms with Crippen LogP contribution in [0.4, 0.5) is 0 Å². The maximum atomic E-state index is 11.5. The van der Waals surface area contributed by atoms with Gasteiger partial charge in [-0.3, -0.25) is 14.7 Å². The van der Waals surface area contributed by atoms with Gasteiger partial charge in [-0.25, -0.2) is 4.98 Å². The van der Waals surface area contributed by atoms with Gasteiger partial charge in [-0.2, -0.15) is 0 Å². The number of nitrogens with one attached hydrogen (secondary N) is 1. The van der Waals surface area contributed by atoms with E-state index in [0.717, 1.165) is 35.6 Å². The Morgan fingerprint density at radius 1 is 1.50 bits per heavy atom. The molecule has 0 saturated heterocycles. The van der Waals surface area contributed by atoms with Crippen molar-refractivity contribution in [1.82, 2.24) is 19.9 Å². The second-order valence-electron chi connectivity index (χ2n) is 6.05. The van der Waals surface area contributed by atoms with Gasteiger partial charge < -0.3 is 4.98 Å². The number of carbonyl (C=O) groups is 1. The van der Waals surface area contributed by atoms with Gasteiger partial charge in [0.05, 0.1) is 22.9 Å². The summed E-state index contributed by atoms with van der Waals surface area (Å²) in [4.78, 5) is 26.9. The third kappa shape index (κ3) is 2.79. The fourth-order valence-corrected chi connectivity index (χ4v) is 4.09. The lowest BCUT2D eigenvalue weighted by Gasteiger charge is -2.34. The van der Waals surface area contributed by atoms with Gasteiger partial charge >= 0.3 is 0 Å². The fraction of sp³-hybridized carbons (Fsp3) is 0.278. The zero-order valence-corrected chi connectivity index (χ0v) is 14.2. The van der Waals surface area contributed by atoms with Crippen molar-refractivity contribution < 1.29 is 4.79 Å². The highest BCUT2D eigenvalue weighted by Crippen LogP contribution is 2.34. The predicted molar refractivity (Wildman–Crippen MR) is 93.1 cm³/mol. The Bertz CT molecular complexity index is 855. The number of rotatable bonds is 4. The summed E-state index contributed by atoms with van der Waals surface area (Å²) >= 11 is 1.52. The summed E-state index contributed by atoms with van der Waals surface area (Å²) in [6.45, 7) is 3.36. The van der Waals surface area contributed by atoms with Gasteiger partial charge in [-0.1, -0.05) is 6.07 Å². The molecule has 0 amide bonds. The van der Waals surface area contributed by atoms with E-state index in [2.05, 4.69) is 31.3 Å². The number of fused-ring (bicyclic) bond motifs is 1. The molecule has 24 heavy (non-hydrogen) atoms. The van der Waals surface area contributed by atoms with Gasteiger partial charge in [-0.15, -0.1) is 11.3 Å². The average molecular weight is 338 g/mol. The summed E-state index contributed by atoms with van der Waals surface area (Å²) in [5.74, 6) is 0.128. The van der Waals surface area contributed by atoms with Crippen molar-refractivity contribution in [2.24, 2.45) is 0 Å². The number of imidazole rings is 1. The van der Waals surface area contributed by atoms with Crippen LogP contribution in [-0.2, 0) is 13.0 Å². The molecule has 0 aliphatic carbocycles. The molecular weight excluding hydrogens is 320 g/mol. The van der Waals surface area contributed by atoms with Crippen LogP contribution >= 0.6 is 11.3 Å². The number of pyridine rings is 1. The highest BCUT2D eigenvalue weighted by molar-refractivity contribution is 7.12. The first-order chi connectivity index (χ1) is 11.7. The lowest BCUT2D eigenvalue weighted by Crippen LogP contribution is -2.35. The van der Waals surface area contributed by atoms with Crippen LogP contribution in [0.5, 0.6) is 0 Å². The number of hydrogen-bond donors (Lipinski definition) is 1. The monoisotopic (exact) mass is 338 g/mol. The Hall–Kier alpha value is -2.31. The van der Waals surface area contributed by atoms with Gasteiger partial charge in [0.2, 0.25) is 0 Å². The number of ketones is 1. The Morgan fingerprint density at radius 2 is 2.42 bits per heavy atom. The highest BCUT2D eigenvalue weighted by Gasteiger charge is 2.31. The minimum absolute atomic E-state index is 0.0920. The minimum Gasteiger partial charge on any atom is -0.348 e. The maximum Gasteiger partial charge on any atom is 0.169 e.